The molecule has 0 aliphatic rings. The van der Waals surface area contributed by atoms with Gasteiger partial charge in [0.25, 0.3) is 0 Å². The first kappa shape index (κ1) is 47.1. The maximum Gasteiger partial charge on any atom is 0.336 e. The fraction of sp³-hybridized carbons (Fsp3) is 0.500. The third-order valence-corrected chi connectivity index (χ3v) is 2.57. The van der Waals surface area contributed by atoms with Crippen LogP contribution < -0.4 is 0 Å². The Hall–Kier alpha value is -1.82. The van der Waals surface area contributed by atoms with Crippen molar-refractivity contribution in [1.29, 1.82) is 0 Å². The van der Waals surface area contributed by atoms with E-state index in [0.717, 1.165) is 0 Å². The molecule has 0 amide bonds. The van der Waals surface area contributed by atoms with E-state index < -0.39 is 72.7 Å². The Morgan fingerprint density at radius 2 is 0.581 bits per heavy atom. The Labute approximate surface area is 203 Å². The molecule has 16 nitrogen and oxygen atoms in total. The Bertz CT molecular complexity index is 523. The fourth-order valence-electron chi connectivity index (χ4n) is 1.43. The van der Waals surface area contributed by atoms with Gasteiger partial charge in [0.15, 0.2) is 11.2 Å². The zero-order valence-electron chi connectivity index (χ0n) is 14.9. The molecule has 0 aromatic heterocycles. The van der Waals surface area contributed by atoms with Crippen molar-refractivity contribution in [3.63, 3.8) is 0 Å². The first-order chi connectivity index (χ1) is 11.6. The summed E-state index contributed by atoms with van der Waals surface area (Å²) in [6.45, 7) is 0. The number of carboxylic acid groups (broad SMARTS) is 6. The van der Waals surface area contributed by atoms with Gasteiger partial charge in [-0.05, 0) is 0 Å². The van der Waals surface area contributed by atoms with E-state index in [9.17, 15) is 28.8 Å². The van der Waals surface area contributed by atoms with Gasteiger partial charge in [0.2, 0.25) is 0 Å². The zero-order valence-corrected chi connectivity index (χ0v) is 18.0. The summed E-state index contributed by atoms with van der Waals surface area (Å²) in [7, 11) is 0. The minimum atomic E-state index is -2.74. The van der Waals surface area contributed by atoms with Crippen LogP contribution in [0.15, 0.2) is 0 Å². The Balaban J connectivity index is -0.0000000640. The van der Waals surface area contributed by atoms with Crippen LogP contribution in [0.5, 0.6) is 0 Å². The van der Waals surface area contributed by atoms with Crippen LogP contribution in [0.3, 0.4) is 0 Å². The van der Waals surface area contributed by atoms with Gasteiger partial charge >= 0.3 is 35.8 Å². The van der Waals surface area contributed by atoms with Crippen molar-refractivity contribution >= 4 is 35.8 Å². The van der Waals surface area contributed by atoms with E-state index in [2.05, 4.69) is 0 Å². The maximum atomic E-state index is 10.3. The molecule has 31 heavy (non-hydrogen) atoms. The molecule has 0 unspecified atom stereocenters. The summed E-state index contributed by atoms with van der Waals surface area (Å²) in [5, 5.41) is 67.6. The van der Waals surface area contributed by atoms with E-state index in [4.69, 9.17) is 40.9 Å². The van der Waals surface area contributed by atoms with Gasteiger partial charge in [0.05, 0.1) is 25.7 Å². The monoisotopic (exact) mass is 597 g/mol. The largest absolute Gasteiger partial charge is 0.481 e. The first-order valence-electron chi connectivity index (χ1n) is 6.34. The first-order valence-corrected chi connectivity index (χ1v) is 6.34. The van der Waals surface area contributed by atoms with E-state index in [0.29, 0.717) is 0 Å². The van der Waals surface area contributed by atoms with Gasteiger partial charge in [-0.2, -0.15) is 0 Å². The van der Waals surface area contributed by atoms with E-state index in [1.165, 1.54) is 0 Å². The van der Waals surface area contributed by atoms with Gasteiger partial charge < -0.3 is 51.8 Å². The van der Waals surface area contributed by atoms with Crippen molar-refractivity contribution in [3.05, 3.63) is 0 Å². The molecule has 0 spiro atoms. The average Bonchev–Trinajstić information content (AvgIpc) is 2.34. The average molecular weight is 597 g/mol. The van der Waals surface area contributed by atoms with E-state index in [1.54, 1.807) is 0 Å². The van der Waals surface area contributed by atoms with Crippen LogP contribution in [0.1, 0.15) is 25.7 Å². The van der Waals surface area contributed by atoms with Gasteiger partial charge in [-0.25, -0.2) is 9.59 Å². The summed E-state index contributed by atoms with van der Waals surface area (Å²) < 4.78 is 0. The molecule has 0 saturated carbocycles. The van der Waals surface area contributed by atoms with Crippen LogP contribution in [0.4, 0.5) is 0 Å². The second kappa shape index (κ2) is 20.1. The molecule has 0 bridgehead atoms. The van der Waals surface area contributed by atoms with Crippen molar-refractivity contribution in [2.24, 2.45) is 0 Å². The summed E-state index contributed by atoms with van der Waals surface area (Å²) >= 11 is 0. The SMILES string of the molecule is O.O.O=C(O)CC(O)(CC(=O)O)C(=O)O.O=C(O)CC(O)(CC(=O)O)C(=O)O.[Co].[Co].[Co]. The third kappa shape index (κ3) is 21.2. The number of aliphatic carboxylic acids is 6. The van der Waals surface area contributed by atoms with E-state index in [-0.39, 0.29) is 61.3 Å². The van der Waals surface area contributed by atoms with Gasteiger partial charge in [-0.3, -0.25) is 19.2 Å². The van der Waals surface area contributed by atoms with Crippen molar-refractivity contribution < 1.29 is 131 Å². The summed E-state index contributed by atoms with van der Waals surface area (Å²) in [6, 6.07) is 0. The minimum absolute atomic E-state index is 0. The van der Waals surface area contributed by atoms with Crippen molar-refractivity contribution in [2.45, 2.75) is 36.9 Å². The van der Waals surface area contributed by atoms with Crippen LogP contribution in [0, 0.1) is 0 Å². The number of rotatable bonds is 10. The van der Waals surface area contributed by atoms with Gasteiger partial charge in [0, 0.05) is 50.3 Å². The van der Waals surface area contributed by atoms with E-state index in [1.807, 2.05) is 0 Å². The van der Waals surface area contributed by atoms with Gasteiger partial charge in [-0.1, -0.05) is 0 Å². The van der Waals surface area contributed by atoms with Crippen molar-refractivity contribution in [2.75, 3.05) is 0 Å². The Morgan fingerprint density at radius 1 is 0.452 bits per heavy atom. The summed E-state index contributed by atoms with van der Waals surface area (Å²) in [4.78, 5) is 61.0. The number of aliphatic hydroxyl groups is 2. The summed E-state index contributed by atoms with van der Waals surface area (Å²) in [5.74, 6) is -10.0. The second-order valence-electron chi connectivity index (χ2n) is 4.96. The molecule has 3 radical (unpaired) electrons. The minimum Gasteiger partial charge on any atom is -0.481 e. The molecule has 0 aromatic carbocycles. The predicted molar refractivity (Wildman–Crippen MR) is 81.4 cm³/mol. The zero-order chi connectivity index (χ0) is 21.3. The van der Waals surface area contributed by atoms with Crippen LogP contribution >= 0.6 is 0 Å². The van der Waals surface area contributed by atoms with Gasteiger partial charge in [-0.15, -0.1) is 0 Å². The second-order valence-corrected chi connectivity index (χ2v) is 4.96. The molecule has 0 aliphatic carbocycles. The standard InChI is InChI=1S/2C6H8O7.3Co.2H2O/c2*7-3(8)1-6(13,5(11)12)2-4(9)10;;;;;/h2*13H,1-2H2,(H,7,8)(H,9,10)(H,11,12);;;;2*1H2. The number of carboxylic acids is 6. The van der Waals surface area contributed by atoms with Crippen LogP contribution in [0.2, 0.25) is 0 Å². The summed E-state index contributed by atoms with van der Waals surface area (Å²) in [5.41, 5.74) is -5.48. The molecule has 12 N–H and O–H groups in total. The predicted octanol–water partition coefficient (Wildman–Crippen LogP) is -4.15. The molecule has 0 saturated heterocycles. The van der Waals surface area contributed by atoms with Crippen LogP contribution in [-0.4, -0.2) is 98.8 Å². The molecule has 19 heteroatoms. The van der Waals surface area contributed by atoms with Crippen molar-refractivity contribution in [1.82, 2.24) is 0 Å². The van der Waals surface area contributed by atoms with Gasteiger partial charge in [0.1, 0.15) is 0 Å². The fourth-order valence-corrected chi connectivity index (χ4v) is 1.43. The number of hydrogen-bond donors (Lipinski definition) is 8. The molecule has 0 atom stereocenters. The molecular formula is C12H20Co3O16. The Kier molecular flexibility index (Phi) is 30.5. The maximum absolute atomic E-state index is 10.3. The molecule has 0 rings (SSSR count). The Morgan fingerprint density at radius 3 is 0.645 bits per heavy atom. The summed E-state index contributed by atoms with van der Waals surface area (Å²) in [6.07, 6.45) is -4.58. The smallest absolute Gasteiger partial charge is 0.336 e. The molecule has 0 heterocycles. The third-order valence-electron chi connectivity index (χ3n) is 2.57. The normalized spacial score (nSPS) is 9.10. The molecule has 0 fully saturated rings. The number of carbonyl (C=O) groups is 6. The molecular weight excluding hydrogens is 577 g/mol. The van der Waals surface area contributed by atoms with Crippen molar-refractivity contribution in [3.8, 4) is 0 Å². The number of hydrogen-bond acceptors (Lipinski definition) is 8. The molecule has 191 valence electrons. The molecule has 0 aromatic rings. The quantitative estimate of drug-likeness (QED) is 0.119. The van der Waals surface area contributed by atoms with Crippen LogP contribution in [-0.2, 0) is 79.1 Å². The topological polar surface area (TPSA) is 327 Å². The van der Waals surface area contributed by atoms with Crippen LogP contribution in [0.25, 0.3) is 0 Å². The van der Waals surface area contributed by atoms with E-state index >= 15 is 0 Å². The molecule has 0 aliphatic heterocycles.